The number of carboxylic acids is 1. The van der Waals surface area contributed by atoms with Crippen molar-refractivity contribution < 1.29 is 23.1 Å². The van der Waals surface area contributed by atoms with Crippen molar-refractivity contribution >= 4 is 27.8 Å². The molecule has 0 saturated heterocycles. The molecule has 0 aliphatic carbocycles. The van der Waals surface area contributed by atoms with Gasteiger partial charge in [0.1, 0.15) is 5.75 Å². The molecule has 0 unspecified atom stereocenters. The Hall–Kier alpha value is -2.03. The zero-order valence-corrected chi connectivity index (χ0v) is 21.4. The summed E-state index contributed by atoms with van der Waals surface area (Å²) in [4.78, 5) is 12.0. The molecule has 6 nitrogen and oxygen atoms in total. The second-order valence-corrected chi connectivity index (χ2v) is 11.1. The van der Waals surface area contributed by atoms with E-state index in [1.807, 2.05) is 38.1 Å². The molecule has 0 heterocycles. The fourth-order valence-electron chi connectivity index (χ4n) is 3.44. The Kier molecular flexibility index (Phi) is 11.2. The van der Waals surface area contributed by atoms with E-state index in [-0.39, 0.29) is 6.61 Å². The van der Waals surface area contributed by atoms with Gasteiger partial charge < -0.3 is 9.84 Å². The number of thioether (sulfide) groups is 1. The molecule has 0 amide bonds. The van der Waals surface area contributed by atoms with E-state index in [1.165, 1.54) is 18.4 Å². The Morgan fingerprint density at radius 1 is 1.03 bits per heavy atom. The highest BCUT2D eigenvalue weighted by Crippen LogP contribution is 2.26. The summed E-state index contributed by atoms with van der Waals surface area (Å²) in [6, 6.07) is 12.9. The van der Waals surface area contributed by atoms with Gasteiger partial charge in [0.25, 0.3) is 0 Å². The first-order valence-corrected chi connectivity index (χ1v) is 13.9. The lowest BCUT2D eigenvalue weighted by atomic mass is 10.1. The van der Waals surface area contributed by atoms with Gasteiger partial charge in [0.05, 0.1) is 4.90 Å². The van der Waals surface area contributed by atoms with Crippen LogP contribution in [0.5, 0.6) is 5.75 Å². The van der Waals surface area contributed by atoms with Crippen molar-refractivity contribution in [1.82, 2.24) is 4.31 Å². The molecule has 182 valence electrons. The predicted octanol–water partition coefficient (Wildman–Crippen LogP) is 5.38. The van der Waals surface area contributed by atoms with Crippen LogP contribution in [0, 0.1) is 6.92 Å². The highest BCUT2D eigenvalue weighted by atomic mass is 32.2. The van der Waals surface area contributed by atoms with Gasteiger partial charge in [-0.1, -0.05) is 38.8 Å². The Morgan fingerprint density at radius 2 is 1.76 bits per heavy atom. The highest BCUT2D eigenvalue weighted by molar-refractivity contribution is 7.99. The molecule has 0 fully saturated rings. The molecule has 2 aromatic rings. The smallest absolute Gasteiger partial charge is 0.341 e. The van der Waals surface area contributed by atoms with E-state index >= 15 is 0 Å². The van der Waals surface area contributed by atoms with Gasteiger partial charge >= 0.3 is 5.97 Å². The van der Waals surface area contributed by atoms with E-state index in [0.29, 0.717) is 29.5 Å². The molecular formula is C25H35NO5S2. The average Bonchev–Trinajstić information content (AvgIpc) is 2.78. The van der Waals surface area contributed by atoms with Gasteiger partial charge in [0, 0.05) is 23.7 Å². The van der Waals surface area contributed by atoms with Gasteiger partial charge in [0.15, 0.2) is 6.61 Å². The van der Waals surface area contributed by atoms with Crippen molar-refractivity contribution in [3.05, 3.63) is 53.6 Å². The average molecular weight is 494 g/mol. The highest BCUT2D eigenvalue weighted by Gasteiger charge is 2.23. The van der Waals surface area contributed by atoms with E-state index in [9.17, 15) is 13.2 Å². The van der Waals surface area contributed by atoms with Gasteiger partial charge in [-0.15, -0.1) is 11.8 Å². The normalized spacial score (nSPS) is 11.6. The number of carbonyl (C=O) groups is 1. The number of carboxylic acid groups (broad SMARTS) is 1. The third-order valence-electron chi connectivity index (χ3n) is 5.21. The number of hydrogen-bond acceptors (Lipinski definition) is 5. The van der Waals surface area contributed by atoms with Crippen LogP contribution in [0.4, 0.5) is 0 Å². The second-order valence-electron chi connectivity index (χ2n) is 7.96. The summed E-state index contributed by atoms with van der Waals surface area (Å²) in [5, 5.41) is 8.75. The quantitative estimate of drug-likeness (QED) is 0.265. The molecule has 0 spiro atoms. The number of benzene rings is 2. The summed E-state index contributed by atoms with van der Waals surface area (Å²) in [6.07, 6.45) is 5.18. The molecule has 1 N–H and O–H groups in total. The van der Waals surface area contributed by atoms with E-state index in [0.717, 1.165) is 29.7 Å². The van der Waals surface area contributed by atoms with Crippen LogP contribution in [-0.2, 0) is 21.2 Å². The van der Waals surface area contributed by atoms with Crippen LogP contribution >= 0.6 is 11.8 Å². The molecule has 0 aromatic heterocycles. The van der Waals surface area contributed by atoms with Crippen LogP contribution in [0.3, 0.4) is 0 Å². The molecule has 0 saturated carbocycles. The zero-order chi connectivity index (χ0) is 24.3. The molecule has 0 aliphatic heterocycles. The lowest BCUT2D eigenvalue weighted by molar-refractivity contribution is -0.139. The van der Waals surface area contributed by atoms with Crippen molar-refractivity contribution in [3.63, 3.8) is 0 Å². The van der Waals surface area contributed by atoms with Gasteiger partial charge in [-0.2, -0.15) is 4.31 Å². The summed E-state index contributed by atoms with van der Waals surface area (Å²) in [5.74, 6) is 0.134. The summed E-state index contributed by atoms with van der Waals surface area (Å²) in [6.45, 7) is 6.52. The Morgan fingerprint density at radius 3 is 2.36 bits per heavy atom. The summed E-state index contributed by atoms with van der Waals surface area (Å²) in [5.41, 5.74) is 2.02. The largest absolute Gasteiger partial charge is 0.482 e. The van der Waals surface area contributed by atoms with Crippen LogP contribution < -0.4 is 4.74 Å². The molecule has 0 bridgehead atoms. The van der Waals surface area contributed by atoms with Crippen LogP contribution in [0.1, 0.15) is 50.7 Å². The minimum absolute atomic E-state index is 0.343. The minimum Gasteiger partial charge on any atom is -0.482 e. The van der Waals surface area contributed by atoms with Crippen LogP contribution in [-0.4, -0.2) is 49.2 Å². The Bertz CT molecular complexity index is 990. The van der Waals surface area contributed by atoms with Crippen LogP contribution in [0.15, 0.2) is 52.3 Å². The molecule has 0 aliphatic rings. The maximum Gasteiger partial charge on any atom is 0.341 e. The van der Waals surface area contributed by atoms with E-state index in [2.05, 4.69) is 6.92 Å². The molecule has 2 aromatic carbocycles. The first-order chi connectivity index (χ1) is 15.8. The zero-order valence-electron chi connectivity index (χ0n) is 19.7. The standard InChI is InChI=1S/C25H35NO5S2/c1-4-6-7-8-21-9-12-23(13-10-21)33(29,30)26(15-5-2)16-17-32-22-11-14-24(20(3)18-22)31-19-25(27)28/h9-14,18H,4-8,15-17,19H2,1-3H3,(H,27,28). The van der Waals surface area contributed by atoms with Gasteiger partial charge in [-0.25, -0.2) is 13.2 Å². The summed E-state index contributed by atoms with van der Waals surface area (Å²) >= 11 is 1.57. The number of nitrogens with zero attached hydrogens (tertiary/aromatic N) is 1. The van der Waals surface area contributed by atoms with Crippen molar-refractivity contribution in [2.75, 3.05) is 25.4 Å². The van der Waals surface area contributed by atoms with Crippen molar-refractivity contribution in [2.24, 2.45) is 0 Å². The summed E-state index contributed by atoms with van der Waals surface area (Å²) < 4.78 is 33.2. The lowest BCUT2D eigenvalue weighted by Crippen LogP contribution is -2.33. The number of unbranched alkanes of at least 4 members (excludes halogenated alkanes) is 2. The van der Waals surface area contributed by atoms with Crippen molar-refractivity contribution in [2.45, 2.75) is 62.7 Å². The maximum absolute atomic E-state index is 13.2. The van der Waals surface area contributed by atoms with Crippen LogP contribution in [0.2, 0.25) is 0 Å². The number of ether oxygens (including phenoxy) is 1. The van der Waals surface area contributed by atoms with E-state index in [1.54, 1.807) is 34.3 Å². The predicted molar refractivity (Wildman–Crippen MR) is 134 cm³/mol. The number of aryl methyl sites for hydroxylation is 2. The molecule has 33 heavy (non-hydrogen) atoms. The molecular weight excluding hydrogens is 458 g/mol. The van der Waals surface area contributed by atoms with Crippen molar-refractivity contribution in [3.8, 4) is 5.75 Å². The molecule has 8 heteroatoms. The Balaban J connectivity index is 1.99. The van der Waals surface area contributed by atoms with Crippen LogP contribution in [0.25, 0.3) is 0 Å². The second kappa shape index (κ2) is 13.6. The summed E-state index contributed by atoms with van der Waals surface area (Å²) in [7, 11) is -3.55. The number of aliphatic carboxylic acids is 1. The SMILES string of the molecule is CCCCCc1ccc(S(=O)(=O)N(CCC)CCSc2ccc(OCC(=O)O)c(C)c2)cc1. The topological polar surface area (TPSA) is 83.9 Å². The third kappa shape index (κ3) is 8.68. The number of hydrogen-bond donors (Lipinski definition) is 1. The fourth-order valence-corrected chi connectivity index (χ4v) is 6.06. The first kappa shape index (κ1) is 27.2. The monoisotopic (exact) mass is 493 g/mol. The van der Waals surface area contributed by atoms with Crippen molar-refractivity contribution in [1.29, 1.82) is 0 Å². The number of sulfonamides is 1. The molecule has 0 radical (unpaired) electrons. The van der Waals surface area contributed by atoms with Gasteiger partial charge in [-0.3, -0.25) is 0 Å². The first-order valence-electron chi connectivity index (χ1n) is 11.4. The lowest BCUT2D eigenvalue weighted by Gasteiger charge is -2.22. The van der Waals surface area contributed by atoms with Gasteiger partial charge in [0.2, 0.25) is 10.0 Å². The number of rotatable bonds is 15. The molecule has 2 rings (SSSR count). The van der Waals surface area contributed by atoms with E-state index in [4.69, 9.17) is 9.84 Å². The molecule has 0 atom stereocenters. The maximum atomic E-state index is 13.2. The minimum atomic E-state index is -3.55. The van der Waals surface area contributed by atoms with Gasteiger partial charge in [-0.05, 0) is 67.6 Å². The fraction of sp³-hybridized carbons (Fsp3) is 0.480. The van der Waals surface area contributed by atoms with E-state index < -0.39 is 16.0 Å². The third-order valence-corrected chi connectivity index (χ3v) is 8.10. The Labute approximate surface area is 202 Å².